The van der Waals surface area contributed by atoms with Crippen LogP contribution in [0.5, 0.6) is 0 Å². The number of carbonyl (C=O) groups excluding carboxylic acids is 1. The maximum atomic E-state index is 13.3. The lowest BCUT2D eigenvalue weighted by Gasteiger charge is -2.30. The quantitative estimate of drug-likeness (QED) is 0.159. The molecule has 2 rings (SSSR count). The van der Waals surface area contributed by atoms with Crippen LogP contribution < -0.4 is 5.32 Å². The summed E-state index contributed by atoms with van der Waals surface area (Å²) in [4.78, 5) is 13.2. The molecule has 42 heavy (non-hydrogen) atoms. The Bertz CT molecular complexity index is 1110. The molecule has 0 radical (unpaired) electrons. The minimum Gasteiger partial charge on any atom is -0.491 e. The smallest absolute Gasteiger partial charge is 0.347 e. The van der Waals surface area contributed by atoms with Gasteiger partial charge in [-0.2, -0.15) is 8.78 Å². The average Bonchev–Trinajstić information content (AvgIpc) is 2.93. The van der Waals surface area contributed by atoms with Crippen molar-refractivity contribution >= 4 is 21.4 Å². The van der Waals surface area contributed by atoms with E-state index in [2.05, 4.69) is 32.7 Å². The molecule has 6 nitrogen and oxygen atoms in total. The number of unbranched alkanes of at least 4 members (excludes halogenated alkanes) is 1. The van der Waals surface area contributed by atoms with Crippen LogP contribution in [0.4, 0.5) is 14.5 Å². The van der Waals surface area contributed by atoms with Gasteiger partial charge in [-0.25, -0.2) is 8.42 Å². The van der Waals surface area contributed by atoms with Gasteiger partial charge >= 0.3 is 5.25 Å². The predicted molar refractivity (Wildman–Crippen MR) is 169 cm³/mol. The third-order valence-corrected chi connectivity index (χ3v) is 8.74. The molecule has 1 aromatic rings. The number of hydrogen-bond donors (Lipinski definition) is 1. The van der Waals surface area contributed by atoms with E-state index in [1.165, 1.54) is 24.3 Å². The second-order valence-electron chi connectivity index (χ2n) is 10.9. The summed E-state index contributed by atoms with van der Waals surface area (Å²) in [7, 11) is -4.65. The van der Waals surface area contributed by atoms with Crippen molar-refractivity contribution in [1.29, 1.82) is 0 Å². The van der Waals surface area contributed by atoms with Crippen LogP contribution in [0.15, 0.2) is 65.3 Å². The van der Waals surface area contributed by atoms with Crippen LogP contribution in [0.1, 0.15) is 99.3 Å². The Morgan fingerprint density at radius 1 is 1.07 bits per heavy atom. The number of ether oxygens (including phenoxy) is 1. The van der Waals surface area contributed by atoms with Gasteiger partial charge in [0.1, 0.15) is 5.76 Å². The molecule has 1 aromatic carbocycles. The third-order valence-electron chi connectivity index (χ3n) is 6.90. The Morgan fingerprint density at radius 3 is 2.12 bits per heavy atom. The Hall–Kier alpha value is -2.68. The summed E-state index contributed by atoms with van der Waals surface area (Å²) in [6, 6.07) is 5.70. The molecular formula is C33H52F2N2O4S. The lowest BCUT2D eigenvalue weighted by molar-refractivity contribution is -0.131. The van der Waals surface area contributed by atoms with Gasteiger partial charge in [0.25, 0.3) is 0 Å². The fraction of sp³-hybridized carbons (Fsp3) is 0.606. The van der Waals surface area contributed by atoms with Crippen LogP contribution in [0.3, 0.4) is 0 Å². The second kappa shape index (κ2) is 18.8. The molecule has 1 amide bonds. The lowest BCUT2D eigenvalue weighted by atomic mass is 9.92. The number of carbonyl (C=O) groups is 1. The SMILES string of the molecule is C=C(/C=C(C)\C=C/C)OC1CCC(Nc2ccc(S(=O)(=O)C(C)(F)F)cc2)CC1.CCCCC(=O)N(CCC)CCC. The molecule has 0 unspecified atom stereocenters. The number of sulfone groups is 1. The molecule has 0 saturated heterocycles. The molecule has 0 heterocycles. The number of allylic oxidation sites excluding steroid dienone is 4. The second-order valence-corrected chi connectivity index (χ2v) is 13.1. The summed E-state index contributed by atoms with van der Waals surface area (Å²) >= 11 is 0. The van der Waals surface area contributed by atoms with Gasteiger partial charge in [-0.3, -0.25) is 4.79 Å². The van der Waals surface area contributed by atoms with E-state index < -0.39 is 15.1 Å². The van der Waals surface area contributed by atoms with Crippen molar-refractivity contribution in [2.75, 3.05) is 18.4 Å². The van der Waals surface area contributed by atoms with Crippen molar-refractivity contribution in [2.45, 2.75) is 122 Å². The summed E-state index contributed by atoms with van der Waals surface area (Å²) in [6.45, 7) is 16.5. The molecule has 0 spiro atoms. The lowest BCUT2D eigenvalue weighted by Crippen LogP contribution is -2.32. The monoisotopic (exact) mass is 610 g/mol. The van der Waals surface area contributed by atoms with Crippen molar-refractivity contribution < 1.29 is 26.7 Å². The van der Waals surface area contributed by atoms with Gasteiger partial charge in [0.2, 0.25) is 15.7 Å². The zero-order chi connectivity index (χ0) is 31.8. The predicted octanol–water partition coefficient (Wildman–Crippen LogP) is 8.67. The zero-order valence-corrected chi connectivity index (χ0v) is 27.2. The number of nitrogens with zero attached hydrogens (tertiary/aromatic N) is 1. The minimum atomic E-state index is -4.65. The van der Waals surface area contributed by atoms with E-state index in [4.69, 9.17) is 4.74 Å². The molecule has 1 aliphatic carbocycles. The molecule has 1 N–H and O–H groups in total. The first-order valence-electron chi connectivity index (χ1n) is 15.2. The molecule has 238 valence electrons. The fourth-order valence-electron chi connectivity index (χ4n) is 4.70. The first kappa shape index (κ1) is 37.3. The Balaban J connectivity index is 0.000000572. The standard InChI is InChI=1S/C22H29F2NO3S.C11H23NO/c1-5-6-16(2)15-17(3)28-20-11-7-18(8-12-20)25-19-9-13-21(14-10-19)29(26,27)22(4,23)24;1-4-7-8-11(13)12(9-5-2)10-6-3/h5-6,9-10,13-15,18,20,25H,3,7-8,11-12H2,1-2,4H3;4-10H2,1-3H3/b6-5-,16-15-;. The summed E-state index contributed by atoms with van der Waals surface area (Å²) < 4.78 is 56.0. The maximum Gasteiger partial charge on any atom is 0.347 e. The normalized spacial score (nSPS) is 17.8. The van der Waals surface area contributed by atoms with Crippen molar-refractivity contribution in [3.05, 3.63) is 60.4 Å². The van der Waals surface area contributed by atoms with Crippen LogP contribution in [0, 0.1) is 0 Å². The largest absolute Gasteiger partial charge is 0.491 e. The van der Waals surface area contributed by atoms with Gasteiger partial charge in [-0.05, 0) is 94.7 Å². The topological polar surface area (TPSA) is 75.7 Å². The third kappa shape index (κ3) is 13.1. The van der Waals surface area contributed by atoms with Gasteiger partial charge in [0.05, 0.1) is 11.0 Å². The zero-order valence-electron chi connectivity index (χ0n) is 26.4. The molecule has 0 atom stereocenters. The molecule has 0 aromatic heterocycles. The number of halogens is 2. The van der Waals surface area contributed by atoms with Crippen molar-refractivity contribution in [3.8, 4) is 0 Å². The van der Waals surface area contributed by atoms with E-state index in [1.54, 1.807) is 0 Å². The molecule has 1 fully saturated rings. The Kier molecular flexibility index (Phi) is 16.7. The van der Waals surface area contributed by atoms with Gasteiger partial charge in [0.15, 0.2) is 0 Å². The molecular weight excluding hydrogens is 558 g/mol. The summed E-state index contributed by atoms with van der Waals surface area (Å²) in [6.07, 6.45) is 14.5. The van der Waals surface area contributed by atoms with E-state index in [9.17, 15) is 22.0 Å². The van der Waals surface area contributed by atoms with Crippen LogP contribution in [-0.2, 0) is 19.4 Å². The maximum absolute atomic E-state index is 13.3. The Morgan fingerprint density at radius 2 is 1.64 bits per heavy atom. The van der Waals surface area contributed by atoms with Gasteiger partial charge in [-0.15, -0.1) is 0 Å². The van der Waals surface area contributed by atoms with Gasteiger partial charge in [-0.1, -0.05) is 45.9 Å². The number of rotatable bonds is 15. The average molecular weight is 611 g/mol. The van der Waals surface area contributed by atoms with Crippen LogP contribution in [0.25, 0.3) is 0 Å². The number of alkyl halides is 2. The fourth-order valence-corrected chi connectivity index (χ4v) is 5.61. The van der Waals surface area contributed by atoms with Crippen LogP contribution >= 0.6 is 0 Å². The first-order valence-corrected chi connectivity index (χ1v) is 16.7. The van der Waals surface area contributed by atoms with Gasteiger partial charge in [0, 0.05) is 38.2 Å². The van der Waals surface area contributed by atoms with Crippen molar-refractivity contribution in [1.82, 2.24) is 4.90 Å². The van der Waals surface area contributed by atoms with E-state index in [-0.39, 0.29) is 17.0 Å². The van der Waals surface area contributed by atoms with E-state index >= 15 is 0 Å². The number of amides is 1. The van der Waals surface area contributed by atoms with Gasteiger partial charge < -0.3 is 15.0 Å². The molecule has 0 aliphatic heterocycles. The first-order chi connectivity index (χ1) is 19.8. The highest BCUT2D eigenvalue weighted by atomic mass is 32.2. The summed E-state index contributed by atoms with van der Waals surface area (Å²) in [5.74, 6) is 0.993. The van der Waals surface area contributed by atoms with Crippen molar-refractivity contribution in [2.24, 2.45) is 0 Å². The Labute approximate surface area is 253 Å². The molecule has 0 bridgehead atoms. The van der Waals surface area contributed by atoms with E-state index in [0.717, 1.165) is 76.5 Å². The molecule has 1 aliphatic rings. The summed E-state index contributed by atoms with van der Waals surface area (Å²) in [5, 5.41) is -0.461. The number of hydrogen-bond acceptors (Lipinski definition) is 5. The molecule has 9 heteroatoms. The highest BCUT2D eigenvalue weighted by molar-refractivity contribution is 7.92. The van der Waals surface area contributed by atoms with Crippen LogP contribution in [0.2, 0.25) is 0 Å². The van der Waals surface area contributed by atoms with Crippen molar-refractivity contribution in [3.63, 3.8) is 0 Å². The highest BCUT2D eigenvalue weighted by Gasteiger charge is 2.40. The minimum absolute atomic E-state index is 0.120. The number of benzene rings is 1. The highest BCUT2D eigenvalue weighted by Crippen LogP contribution is 2.30. The van der Waals surface area contributed by atoms with E-state index in [1.807, 2.05) is 37.0 Å². The number of nitrogens with one attached hydrogen (secondary N) is 1. The van der Waals surface area contributed by atoms with E-state index in [0.29, 0.717) is 24.3 Å². The number of anilines is 1. The van der Waals surface area contributed by atoms with Crippen LogP contribution in [-0.4, -0.2) is 49.7 Å². The molecule has 1 saturated carbocycles. The summed E-state index contributed by atoms with van der Waals surface area (Å²) in [5.41, 5.74) is 1.79.